The lowest BCUT2D eigenvalue weighted by Crippen LogP contribution is -2.16. The third-order valence-electron chi connectivity index (χ3n) is 4.46. The molecule has 1 amide bonds. The summed E-state index contributed by atoms with van der Waals surface area (Å²) >= 11 is 1.66. The summed E-state index contributed by atoms with van der Waals surface area (Å²) in [7, 11) is -2.46. The number of methoxy groups -OCH3 is 1. The predicted molar refractivity (Wildman–Crippen MR) is 110 cm³/mol. The molecule has 3 aromatic rings. The number of hydrogen-bond donors (Lipinski definition) is 2. The van der Waals surface area contributed by atoms with Crippen molar-refractivity contribution >= 4 is 33.0 Å². The van der Waals surface area contributed by atoms with Crippen molar-refractivity contribution in [1.29, 1.82) is 0 Å². The summed E-state index contributed by atoms with van der Waals surface area (Å²) < 4.78 is 30.5. The van der Waals surface area contributed by atoms with E-state index in [1.165, 1.54) is 30.2 Å². The van der Waals surface area contributed by atoms with E-state index in [-0.39, 0.29) is 16.5 Å². The van der Waals surface area contributed by atoms with Crippen LogP contribution in [0.1, 0.15) is 26.6 Å². The van der Waals surface area contributed by atoms with Gasteiger partial charge in [0.25, 0.3) is 5.91 Å². The number of benzene rings is 1. The largest absolute Gasteiger partial charge is 0.495 e. The lowest BCUT2D eigenvalue weighted by molar-refractivity contribution is 0.102. The zero-order chi connectivity index (χ0) is 20.5. The number of amides is 1. The van der Waals surface area contributed by atoms with Crippen molar-refractivity contribution in [3.05, 3.63) is 63.6 Å². The van der Waals surface area contributed by atoms with Gasteiger partial charge in [-0.05, 0) is 49.6 Å². The molecule has 0 unspecified atom stereocenters. The van der Waals surface area contributed by atoms with Crippen LogP contribution >= 0.6 is 11.3 Å². The third-order valence-corrected chi connectivity index (χ3v) is 6.23. The molecule has 0 spiro atoms. The topological polar surface area (TPSA) is 103 Å². The van der Waals surface area contributed by atoms with Crippen LogP contribution in [0.4, 0.5) is 5.69 Å². The monoisotopic (exact) mass is 419 g/mol. The number of aromatic nitrogens is 1. The summed E-state index contributed by atoms with van der Waals surface area (Å²) in [6.45, 7) is 4.51. The Hall–Kier alpha value is -2.62. The van der Waals surface area contributed by atoms with Crippen LogP contribution in [-0.2, 0) is 16.6 Å². The maximum absolute atomic E-state index is 12.9. The molecule has 148 valence electrons. The van der Waals surface area contributed by atoms with Gasteiger partial charge in [-0.3, -0.25) is 4.79 Å². The van der Waals surface area contributed by atoms with Gasteiger partial charge in [-0.2, -0.15) is 0 Å². The fourth-order valence-electron chi connectivity index (χ4n) is 2.98. The molecule has 0 aliphatic carbocycles. The van der Waals surface area contributed by atoms with E-state index in [1.807, 2.05) is 37.4 Å². The summed E-state index contributed by atoms with van der Waals surface area (Å²) in [4.78, 5) is 14.0. The number of rotatable bonds is 6. The molecule has 3 rings (SSSR count). The number of nitrogens with two attached hydrogens (primary N) is 1. The molecule has 0 aliphatic rings. The van der Waals surface area contributed by atoms with Crippen molar-refractivity contribution in [3.8, 4) is 5.75 Å². The number of carbonyl (C=O) groups excluding carboxylic acids is 1. The number of primary sulfonamides is 1. The Morgan fingerprint density at radius 1 is 1.25 bits per heavy atom. The van der Waals surface area contributed by atoms with E-state index in [0.717, 1.165) is 11.4 Å². The van der Waals surface area contributed by atoms with Gasteiger partial charge in [0.2, 0.25) is 10.0 Å². The van der Waals surface area contributed by atoms with Gasteiger partial charge in [-0.25, -0.2) is 13.6 Å². The predicted octanol–water partition coefficient (Wildman–Crippen LogP) is 3.12. The second kappa shape index (κ2) is 7.78. The highest BCUT2D eigenvalue weighted by Gasteiger charge is 2.19. The smallest absolute Gasteiger partial charge is 0.257 e. The van der Waals surface area contributed by atoms with Gasteiger partial charge in [-0.1, -0.05) is 6.07 Å². The van der Waals surface area contributed by atoms with E-state index < -0.39 is 10.0 Å². The van der Waals surface area contributed by atoms with Crippen molar-refractivity contribution in [1.82, 2.24) is 4.57 Å². The van der Waals surface area contributed by atoms with Crippen molar-refractivity contribution in [2.24, 2.45) is 5.14 Å². The number of anilines is 1. The highest BCUT2D eigenvalue weighted by molar-refractivity contribution is 7.89. The van der Waals surface area contributed by atoms with E-state index in [4.69, 9.17) is 9.88 Å². The summed E-state index contributed by atoms with van der Waals surface area (Å²) in [6.07, 6.45) is 0. The Balaban J connectivity index is 1.92. The van der Waals surface area contributed by atoms with Crippen LogP contribution in [0.5, 0.6) is 5.75 Å². The average Bonchev–Trinajstić information content (AvgIpc) is 3.24. The number of ether oxygens (including phenoxy) is 1. The maximum atomic E-state index is 12.9. The third kappa shape index (κ3) is 4.11. The van der Waals surface area contributed by atoms with Crippen LogP contribution in [0.15, 0.2) is 46.7 Å². The van der Waals surface area contributed by atoms with E-state index >= 15 is 0 Å². The highest BCUT2D eigenvalue weighted by Crippen LogP contribution is 2.28. The Morgan fingerprint density at radius 3 is 2.61 bits per heavy atom. The highest BCUT2D eigenvalue weighted by atomic mass is 32.2. The summed E-state index contributed by atoms with van der Waals surface area (Å²) in [5.74, 6) is -0.0106. The van der Waals surface area contributed by atoms with Gasteiger partial charge < -0.3 is 14.6 Å². The molecule has 0 atom stereocenters. The second-order valence-corrected chi connectivity index (χ2v) is 8.91. The molecular weight excluding hydrogens is 398 g/mol. The minimum Gasteiger partial charge on any atom is -0.495 e. The Kier molecular flexibility index (Phi) is 5.59. The maximum Gasteiger partial charge on any atom is 0.257 e. The normalized spacial score (nSPS) is 11.4. The number of sulfonamides is 1. The first-order valence-electron chi connectivity index (χ1n) is 8.42. The molecule has 28 heavy (non-hydrogen) atoms. The molecule has 0 saturated heterocycles. The Morgan fingerprint density at radius 2 is 2.00 bits per heavy atom. The zero-order valence-electron chi connectivity index (χ0n) is 15.7. The summed E-state index contributed by atoms with van der Waals surface area (Å²) in [5, 5.41) is 9.94. The van der Waals surface area contributed by atoms with E-state index in [2.05, 4.69) is 9.88 Å². The van der Waals surface area contributed by atoms with Crippen LogP contribution in [0.3, 0.4) is 0 Å². The molecule has 0 fully saturated rings. The zero-order valence-corrected chi connectivity index (χ0v) is 17.4. The summed E-state index contributed by atoms with van der Waals surface area (Å²) in [5.41, 5.74) is 2.53. The van der Waals surface area contributed by atoms with Crippen molar-refractivity contribution < 1.29 is 17.9 Å². The van der Waals surface area contributed by atoms with E-state index in [0.29, 0.717) is 17.9 Å². The standard InChI is InChI=1S/C19H21N3O4S2/c1-12-9-16(13(2)22(12)11-14-5-4-8-27-14)19(23)21-17-10-15(28(20,24)25)6-7-18(17)26-3/h4-10H,11H2,1-3H3,(H,21,23)(H2,20,24,25). The molecule has 9 heteroatoms. The Labute approximate surface area is 167 Å². The number of nitrogens with zero attached hydrogens (tertiary/aromatic N) is 1. The molecule has 0 bridgehead atoms. The van der Waals surface area contributed by atoms with Crippen molar-refractivity contribution in [2.75, 3.05) is 12.4 Å². The fraction of sp³-hybridized carbons (Fsp3) is 0.211. The van der Waals surface area contributed by atoms with Crippen molar-refractivity contribution in [2.45, 2.75) is 25.3 Å². The number of nitrogens with one attached hydrogen (secondary N) is 1. The molecule has 7 nitrogen and oxygen atoms in total. The van der Waals surface area contributed by atoms with Gasteiger partial charge in [0.05, 0.1) is 29.8 Å². The van der Waals surface area contributed by atoms with Crippen LogP contribution < -0.4 is 15.2 Å². The number of thiophene rings is 1. The first kappa shape index (κ1) is 20.1. The molecule has 0 radical (unpaired) electrons. The molecule has 2 heterocycles. The van der Waals surface area contributed by atoms with Gasteiger partial charge >= 0.3 is 0 Å². The van der Waals surface area contributed by atoms with Gasteiger partial charge in [0, 0.05) is 16.3 Å². The quantitative estimate of drug-likeness (QED) is 0.641. The van der Waals surface area contributed by atoms with Crippen LogP contribution in [0, 0.1) is 13.8 Å². The second-order valence-electron chi connectivity index (χ2n) is 6.31. The lowest BCUT2D eigenvalue weighted by Gasteiger charge is -2.12. The SMILES string of the molecule is COc1ccc(S(N)(=O)=O)cc1NC(=O)c1cc(C)n(Cc2cccs2)c1C. The minimum absolute atomic E-state index is 0.105. The number of hydrogen-bond acceptors (Lipinski definition) is 5. The van der Waals surface area contributed by atoms with Gasteiger partial charge in [0.15, 0.2) is 0 Å². The Bertz CT molecular complexity index is 1120. The molecule has 0 saturated carbocycles. The first-order chi connectivity index (χ1) is 13.2. The van der Waals surface area contributed by atoms with Gasteiger partial charge in [-0.15, -0.1) is 11.3 Å². The van der Waals surface area contributed by atoms with Crippen LogP contribution in [-0.4, -0.2) is 26.0 Å². The molecule has 3 N–H and O–H groups in total. The van der Waals surface area contributed by atoms with Crippen LogP contribution in [0.2, 0.25) is 0 Å². The summed E-state index contributed by atoms with van der Waals surface area (Å²) in [6, 6.07) is 9.93. The van der Waals surface area contributed by atoms with E-state index in [9.17, 15) is 13.2 Å². The molecule has 1 aromatic carbocycles. The number of carbonyl (C=O) groups is 1. The van der Waals surface area contributed by atoms with Gasteiger partial charge in [0.1, 0.15) is 5.75 Å². The molecule has 2 aromatic heterocycles. The lowest BCUT2D eigenvalue weighted by atomic mass is 10.2. The molecule has 0 aliphatic heterocycles. The fourth-order valence-corrected chi connectivity index (χ4v) is 4.22. The molecular formula is C19H21N3O4S2. The van der Waals surface area contributed by atoms with E-state index in [1.54, 1.807) is 11.3 Å². The van der Waals surface area contributed by atoms with Crippen LogP contribution in [0.25, 0.3) is 0 Å². The minimum atomic E-state index is -3.90. The number of aryl methyl sites for hydroxylation is 1. The average molecular weight is 420 g/mol. The van der Waals surface area contributed by atoms with Crippen molar-refractivity contribution in [3.63, 3.8) is 0 Å². The first-order valence-corrected chi connectivity index (χ1v) is 10.8.